The van der Waals surface area contributed by atoms with Gasteiger partial charge in [-0.25, -0.2) is 13.6 Å². The number of carbonyl (C=O) groups excluding carboxylic acids is 1. The van der Waals surface area contributed by atoms with E-state index >= 15 is 4.39 Å². The molecule has 28 heavy (non-hydrogen) atoms. The van der Waals surface area contributed by atoms with E-state index < -0.39 is 24.3 Å². The number of benzene rings is 2. The first-order valence-corrected chi connectivity index (χ1v) is 9.20. The monoisotopic (exact) mass is 390 g/mol. The van der Waals surface area contributed by atoms with Crippen molar-refractivity contribution in [2.75, 3.05) is 20.2 Å². The predicted molar refractivity (Wildman–Crippen MR) is 102 cm³/mol. The lowest BCUT2D eigenvalue weighted by atomic mass is 10.0. The first kappa shape index (κ1) is 20.1. The topological polar surface area (TPSA) is 50.8 Å². The van der Waals surface area contributed by atoms with Gasteiger partial charge in [0, 0.05) is 36.3 Å². The summed E-state index contributed by atoms with van der Waals surface area (Å²) in [6, 6.07) is 9.30. The van der Waals surface area contributed by atoms with E-state index in [1.54, 1.807) is 29.2 Å². The van der Waals surface area contributed by atoms with Gasteiger partial charge in [-0.2, -0.15) is 0 Å². The Morgan fingerprint density at radius 1 is 1.11 bits per heavy atom. The van der Waals surface area contributed by atoms with E-state index in [4.69, 9.17) is 9.47 Å². The van der Waals surface area contributed by atoms with Crippen LogP contribution < -0.4 is 10.1 Å². The number of halogens is 2. The molecule has 7 heteroatoms. The van der Waals surface area contributed by atoms with Crippen LogP contribution in [0.25, 0.3) is 11.1 Å². The Morgan fingerprint density at radius 3 is 2.46 bits per heavy atom. The summed E-state index contributed by atoms with van der Waals surface area (Å²) in [4.78, 5) is 14.1. The molecular weight excluding hydrogens is 366 g/mol. The minimum Gasteiger partial charge on any atom is -0.496 e. The number of para-hydroxylation sites is 1. The number of piperazine rings is 1. The van der Waals surface area contributed by atoms with Crippen molar-refractivity contribution in [3.05, 3.63) is 53.6 Å². The summed E-state index contributed by atoms with van der Waals surface area (Å²) < 4.78 is 39.9. The van der Waals surface area contributed by atoms with Gasteiger partial charge in [0.15, 0.2) is 0 Å². The number of nitrogens with one attached hydrogen (secondary N) is 1. The molecule has 0 aliphatic carbocycles. The van der Waals surface area contributed by atoms with Crippen LogP contribution in [-0.2, 0) is 11.3 Å². The molecule has 2 aromatic rings. The molecule has 0 radical (unpaired) electrons. The van der Waals surface area contributed by atoms with Gasteiger partial charge in [-0.15, -0.1) is 0 Å². The van der Waals surface area contributed by atoms with Crippen LogP contribution in [0.5, 0.6) is 5.75 Å². The smallest absolute Gasteiger partial charge is 0.410 e. The Kier molecular flexibility index (Phi) is 6.14. The first-order chi connectivity index (χ1) is 13.4. The minimum absolute atomic E-state index is 0.0640. The van der Waals surface area contributed by atoms with Crippen LogP contribution in [0, 0.1) is 11.6 Å². The Bertz CT molecular complexity index is 850. The number of hydrogen-bond donors (Lipinski definition) is 1. The van der Waals surface area contributed by atoms with Crippen molar-refractivity contribution in [1.29, 1.82) is 0 Å². The number of methoxy groups -OCH3 is 1. The summed E-state index contributed by atoms with van der Waals surface area (Å²) in [6.07, 6.45) is -0.581. The third kappa shape index (κ3) is 3.94. The predicted octanol–water partition coefficient (Wildman–Crippen LogP) is 3.96. The molecule has 1 heterocycles. The third-order valence-electron chi connectivity index (χ3n) is 4.96. The van der Waals surface area contributed by atoms with E-state index in [0.717, 1.165) is 0 Å². The number of hydrogen-bond acceptors (Lipinski definition) is 4. The average molecular weight is 390 g/mol. The van der Waals surface area contributed by atoms with Crippen LogP contribution in [-0.4, -0.2) is 43.3 Å². The maximum atomic E-state index is 15.1. The second kappa shape index (κ2) is 8.56. The fourth-order valence-corrected chi connectivity index (χ4v) is 3.51. The molecule has 1 amide bonds. The molecule has 1 aliphatic heterocycles. The summed E-state index contributed by atoms with van der Waals surface area (Å²) in [6.45, 7) is 4.60. The van der Waals surface area contributed by atoms with Crippen molar-refractivity contribution < 1.29 is 23.0 Å². The van der Waals surface area contributed by atoms with Gasteiger partial charge in [0.1, 0.15) is 24.0 Å². The Morgan fingerprint density at radius 2 is 1.79 bits per heavy atom. The van der Waals surface area contributed by atoms with Crippen molar-refractivity contribution in [3.63, 3.8) is 0 Å². The zero-order valence-corrected chi connectivity index (χ0v) is 16.2. The molecule has 0 aromatic heterocycles. The first-order valence-electron chi connectivity index (χ1n) is 9.20. The maximum Gasteiger partial charge on any atom is 0.410 e. The minimum atomic E-state index is -0.765. The summed E-state index contributed by atoms with van der Waals surface area (Å²) in [5.74, 6) is -1.05. The van der Waals surface area contributed by atoms with E-state index in [2.05, 4.69) is 5.32 Å². The zero-order valence-electron chi connectivity index (χ0n) is 16.2. The quantitative estimate of drug-likeness (QED) is 0.859. The molecule has 1 saturated heterocycles. The van der Waals surface area contributed by atoms with E-state index in [0.29, 0.717) is 24.4 Å². The fraction of sp³-hybridized carbons (Fsp3) is 0.381. The van der Waals surface area contributed by atoms with Crippen LogP contribution in [0.2, 0.25) is 0 Å². The number of rotatable bonds is 4. The molecule has 2 unspecified atom stereocenters. The number of nitrogens with zero attached hydrogens (tertiary/aromatic N) is 1. The maximum absolute atomic E-state index is 15.1. The van der Waals surface area contributed by atoms with E-state index in [9.17, 15) is 9.18 Å². The molecule has 0 saturated carbocycles. The van der Waals surface area contributed by atoms with Gasteiger partial charge in [0.25, 0.3) is 0 Å². The summed E-state index contributed by atoms with van der Waals surface area (Å²) in [7, 11) is 1.48. The molecule has 0 bridgehead atoms. The third-order valence-corrected chi connectivity index (χ3v) is 4.96. The average Bonchev–Trinajstić information content (AvgIpc) is 2.68. The van der Waals surface area contributed by atoms with Gasteiger partial charge in [0.2, 0.25) is 0 Å². The molecule has 0 spiro atoms. The van der Waals surface area contributed by atoms with Gasteiger partial charge in [-0.05, 0) is 32.0 Å². The molecular formula is C21H24F2N2O3. The Balaban J connectivity index is 1.84. The summed E-state index contributed by atoms with van der Waals surface area (Å²) in [5.41, 5.74) is 0.403. The number of carbonyl (C=O) groups is 1. The number of amides is 1. The van der Waals surface area contributed by atoms with E-state index in [1.165, 1.54) is 19.2 Å². The van der Waals surface area contributed by atoms with Crippen LogP contribution in [0.1, 0.15) is 19.4 Å². The molecule has 1 N–H and O–H groups in total. The van der Waals surface area contributed by atoms with Gasteiger partial charge in [-0.1, -0.05) is 18.2 Å². The summed E-state index contributed by atoms with van der Waals surface area (Å²) >= 11 is 0. The molecule has 3 rings (SSSR count). The van der Waals surface area contributed by atoms with Crippen LogP contribution in [0.3, 0.4) is 0 Å². The van der Waals surface area contributed by atoms with Crippen molar-refractivity contribution in [2.24, 2.45) is 0 Å². The Labute approximate surface area is 163 Å². The van der Waals surface area contributed by atoms with Crippen LogP contribution in [0.15, 0.2) is 36.4 Å². The van der Waals surface area contributed by atoms with Crippen molar-refractivity contribution in [2.45, 2.75) is 32.5 Å². The van der Waals surface area contributed by atoms with Crippen molar-refractivity contribution >= 4 is 6.09 Å². The lowest BCUT2D eigenvalue weighted by molar-refractivity contribution is 0.0552. The standard InChI is InChI=1S/C21H24F2N2O3/c1-13-10-24-11-14(2)25(13)21(26)28-12-17-18(22)9-8-16(20(17)23)15-6-4-5-7-19(15)27-3/h4-9,13-14,24H,10-12H2,1-3H3. The van der Waals surface area contributed by atoms with Crippen LogP contribution in [0.4, 0.5) is 13.6 Å². The second-order valence-electron chi connectivity index (χ2n) is 6.91. The summed E-state index contributed by atoms with van der Waals surface area (Å²) in [5, 5.41) is 3.22. The normalized spacial score (nSPS) is 19.4. The molecule has 1 aliphatic rings. The van der Waals surface area contributed by atoms with Crippen LogP contribution >= 0.6 is 0 Å². The lowest BCUT2D eigenvalue weighted by Gasteiger charge is -2.38. The van der Waals surface area contributed by atoms with Crippen molar-refractivity contribution in [1.82, 2.24) is 10.2 Å². The van der Waals surface area contributed by atoms with E-state index in [1.807, 2.05) is 13.8 Å². The van der Waals surface area contributed by atoms with Gasteiger partial charge >= 0.3 is 6.09 Å². The molecule has 150 valence electrons. The highest BCUT2D eigenvalue weighted by molar-refractivity contribution is 5.72. The molecule has 1 fully saturated rings. The fourth-order valence-electron chi connectivity index (χ4n) is 3.51. The second-order valence-corrected chi connectivity index (χ2v) is 6.91. The van der Waals surface area contributed by atoms with Gasteiger partial charge in [-0.3, -0.25) is 0 Å². The molecule has 2 atom stereocenters. The largest absolute Gasteiger partial charge is 0.496 e. The highest BCUT2D eigenvalue weighted by Crippen LogP contribution is 2.33. The highest BCUT2D eigenvalue weighted by Gasteiger charge is 2.30. The molecule has 5 nitrogen and oxygen atoms in total. The lowest BCUT2D eigenvalue weighted by Crippen LogP contribution is -2.57. The highest BCUT2D eigenvalue weighted by atomic mass is 19.1. The van der Waals surface area contributed by atoms with E-state index in [-0.39, 0.29) is 23.2 Å². The molecule has 2 aromatic carbocycles. The van der Waals surface area contributed by atoms with Gasteiger partial charge in [0.05, 0.1) is 12.7 Å². The van der Waals surface area contributed by atoms with Gasteiger partial charge < -0.3 is 19.7 Å². The SMILES string of the molecule is COc1ccccc1-c1ccc(F)c(COC(=O)N2C(C)CNCC2C)c1F. The Hall–Kier alpha value is -2.67. The van der Waals surface area contributed by atoms with Crippen molar-refractivity contribution in [3.8, 4) is 16.9 Å². The number of ether oxygens (including phenoxy) is 2. The zero-order chi connectivity index (χ0) is 20.3.